The van der Waals surface area contributed by atoms with Gasteiger partial charge in [0.05, 0.1) is 6.61 Å². The van der Waals surface area contributed by atoms with Gasteiger partial charge < -0.3 is 14.6 Å². The summed E-state index contributed by atoms with van der Waals surface area (Å²) in [5, 5.41) is 10.0. The second-order valence-corrected chi connectivity index (χ2v) is 5.19. The SMILES string of the molecule is CCOC(=O)/C=C/c1cccc2c1O[C@H]1[C@H](O)C=CC[C@@H]21. The minimum absolute atomic E-state index is 0.177. The lowest BCUT2D eigenvalue weighted by Gasteiger charge is -2.24. The predicted octanol–water partition coefficient (Wildman–Crippen LogP) is 2.43. The molecule has 1 aromatic carbocycles. The molecule has 0 unspecified atom stereocenters. The largest absolute Gasteiger partial charge is 0.486 e. The monoisotopic (exact) mass is 286 g/mol. The quantitative estimate of drug-likeness (QED) is 0.527. The number of rotatable bonds is 3. The summed E-state index contributed by atoms with van der Waals surface area (Å²) in [6.45, 7) is 2.13. The Morgan fingerprint density at radius 3 is 3.19 bits per heavy atom. The van der Waals surface area contributed by atoms with Gasteiger partial charge in [-0.05, 0) is 19.4 Å². The first-order valence-corrected chi connectivity index (χ1v) is 7.20. The van der Waals surface area contributed by atoms with Gasteiger partial charge in [0.15, 0.2) is 0 Å². The standard InChI is InChI=1S/C17H18O4/c1-2-20-15(19)10-9-11-5-3-6-12-13-7-4-8-14(18)17(13)21-16(11)12/h3-6,8-10,13-14,17-18H,2,7H2,1H3/b10-9+/t13-,14+,17+/m0/s1. The maximum absolute atomic E-state index is 11.4. The van der Waals surface area contributed by atoms with Crippen molar-refractivity contribution in [2.24, 2.45) is 0 Å². The molecule has 110 valence electrons. The zero-order valence-electron chi connectivity index (χ0n) is 11.9. The van der Waals surface area contributed by atoms with Crippen molar-refractivity contribution in [3.63, 3.8) is 0 Å². The average Bonchev–Trinajstić information content (AvgIpc) is 2.86. The van der Waals surface area contributed by atoms with Crippen LogP contribution in [0.4, 0.5) is 0 Å². The molecular formula is C17H18O4. The van der Waals surface area contributed by atoms with Gasteiger partial charge in [-0.2, -0.15) is 0 Å². The van der Waals surface area contributed by atoms with Gasteiger partial charge in [-0.25, -0.2) is 4.79 Å². The number of benzene rings is 1. The van der Waals surface area contributed by atoms with Crippen LogP contribution in [0, 0.1) is 0 Å². The fraction of sp³-hybridized carbons (Fsp3) is 0.353. The molecule has 0 fully saturated rings. The molecule has 4 heteroatoms. The van der Waals surface area contributed by atoms with Crippen LogP contribution in [0.1, 0.15) is 30.4 Å². The van der Waals surface area contributed by atoms with Gasteiger partial charge in [0.25, 0.3) is 0 Å². The number of fused-ring (bicyclic) bond motifs is 3. The van der Waals surface area contributed by atoms with Gasteiger partial charge in [0.2, 0.25) is 0 Å². The number of esters is 1. The van der Waals surface area contributed by atoms with E-state index in [4.69, 9.17) is 9.47 Å². The summed E-state index contributed by atoms with van der Waals surface area (Å²) in [5.41, 5.74) is 1.93. The Morgan fingerprint density at radius 2 is 2.38 bits per heavy atom. The lowest BCUT2D eigenvalue weighted by atomic mass is 9.85. The van der Waals surface area contributed by atoms with E-state index in [1.807, 2.05) is 24.3 Å². The third kappa shape index (κ3) is 2.59. The van der Waals surface area contributed by atoms with Gasteiger partial charge >= 0.3 is 5.97 Å². The highest BCUT2D eigenvalue weighted by Crippen LogP contribution is 2.45. The fourth-order valence-corrected chi connectivity index (χ4v) is 2.92. The van der Waals surface area contributed by atoms with Crippen LogP contribution >= 0.6 is 0 Å². The Bertz CT molecular complexity index is 603. The van der Waals surface area contributed by atoms with E-state index >= 15 is 0 Å². The first kappa shape index (κ1) is 13.9. The third-order valence-electron chi connectivity index (χ3n) is 3.87. The molecule has 3 atom stereocenters. The Hall–Kier alpha value is -2.07. The Labute approximate surface area is 123 Å². The summed E-state index contributed by atoms with van der Waals surface area (Å²) in [6, 6.07) is 5.86. The molecule has 0 radical (unpaired) electrons. The molecule has 1 heterocycles. The zero-order chi connectivity index (χ0) is 14.8. The summed E-state index contributed by atoms with van der Waals surface area (Å²) in [4.78, 5) is 11.4. The van der Waals surface area contributed by atoms with Crippen molar-refractivity contribution in [1.29, 1.82) is 0 Å². The van der Waals surface area contributed by atoms with Crippen LogP contribution in [0.2, 0.25) is 0 Å². The number of carbonyl (C=O) groups excluding carboxylic acids is 1. The summed E-state index contributed by atoms with van der Waals surface area (Å²) < 4.78 is 10.8. The molecule has 0 bridgehead atoms. The summed E-state index contributed by atoms with van der Waals surface area (Å²) in [7, 11) is 0. The summed E-state index contributed by atoms with van der Waals surface area (Å²) in [5.74, 6) is 0.568. The molecule has 0 spiro atoms. The third-order valence-corrected chi connectivity index (χ3v) is 3.87. The molecule has 0 saturated carbocycles. The van der Waals surface area contributed by atoms with E-state index in [0.29, 0.717) is 6.61 Å². The van der Waals surface area contributed by atoms with Crippen molar-refractivity contribution >= 4 is 12.0 Å². The number of hydrogen-bond acceptors (Lipinski definition) is 4. The fourth-order valence-electron chi connectivity index (χ4n) is 2.92. The number of carbonyl (C=O) groups is 1. The van der Waals surface area contributed by atoms with E-state index in [-0.39, 0.29) is 18.0 Å². The van der Waals surface area contributed by atoms with Crippen LogP contribution in [-0.4, -0.2) is 29.9 Å². The lowest BCUT2D eigenvalue weighted by molar-refractivity contribution is -0.137. The minimum Gasteiger partial charge on any atom is -0.486 e. The number of aliphatic hydroxyl groups excluding tert-OH is 1. The molecular weight excluding hydrogens is 268 g/mol. The molecule has 2 aliphatic rings. The van der Waals surface area contributed by atoms with E-state index < -0.39 is 6.10 Å². The maximum Gasteiger partial charge on any atom is 0.330 e. The Morgan fingerprint density at radius 1 is 1.52 bits per heavy atom. The number of aliphatic hydroxyl groups is 1. The van der Waals surface area contributed by atoms with Gasteiger partial charge in [-0.1, -0.05) is 30.4 Å². The van der Waals surface area contributed by atoms with Crippen LogP contribution in [0.5, 0.6) is 5.75 Å². The molecule has 3 rings (SSSR count). The molecule has 1 aliphatic carbocycles. The number of ether oxygens (including phenoxy) is 2. The van der Waals surface area contributed by atoms with Gasteiger partial charge in [0.1, 0.15) is 18.0 Å². The molecule has 21 heavy (non-hydrogen) atoms. The molecule has 0 aromatic heterocycles. The molecule has 1 aromatic rings. The minimum atomic E-state index is -0.585. The van der Waals surface area contributed by atoms with Crippen LogP contribution in [0.15, 0.2) is 36.4 Å². The summed E-state index contributed by atoms with van der Waals surface area (Å²) >= 11 is 0. The molecule has 1 aliphatic heterocycles. The van der Waals surface area contributed by atoms with Crippen LogP contribution in [0.25, 0.3) is 6.08 Å². The number of allylic oxidation sites excluding steroid dienone is 1. The predicted molar refractivity (Wildman–Crippen MR) is 79.0 cm³/mol. The molecule has 1 N–H and O–H groups in total. The Balaban J connectivity index is 1.88. The summed E-state index contributed by atoms with van der Waals surface area (Å²) in [6.07, 6.45) is 6.92. The van der Waals surface area contributed by atoms with E-state index in [1.54, 1.807) is 19.1 Å². The highest BCUT2D eigenvalue weighted by Gasteiger charge is 2.40. The second-order valence-electron chi connectivity index (χ2n) is 5.19. The first-order valence-electron chi connectivity index (χ1n) is 7.20. The van der Waals surface area contributed by atoms with Crippen molar-refractivity contribution < 1.29 is 19.4 Å². The van der Waals surface area contributed by atoms with E-state index in [1.165, 1.54) is 6.08 Å². The van der Waals surface area contributed by atoms with Crippen molar-refractivity contribution in [1.82, 2.24) is 0 Å². The van der Waals surface area contributed by atoms with Crippen LogP contribution < -0.4 is 4.74 Å². The molecule has 0 amide bonds. The Kier molecular flexibility index (Phi) is 3.80. The van der Waals surface area contributed by atoms with E-state index in [2.05, 4.69) is 0 Å². The first-order chi connectivity index (χ1) is 10.2. The second kappa shape index (κ2) is 5.74. The van der Waals surface area contributed by atoms with Crippen molar-refractivity contribution in [3.8, 4) is 5.75 Å². The number of hydrogen-bond donors (Lipinski definition) is 1. The zero-order valence-corrected chi connectivity index (χ0v) is 11.9. The highest BCUT2D eigenvalue weighted by molar-refractivity contribution is 5.87. The van der Waals surface area contributed by atoms with Crippen molar-refractivity contribution in [2.45, 2.75) is 31.5 Å². The average molecular weight is 286 g/mol. The van der Waals surface area contributed by atoms with Crippen molar-refractivity contribution in [2.75, 3.05) is 6.61 Å². The lowest BCUT2D eigenvalue weighted by Crippen LogP contribution is -2.34. The van der Waals surface area contributed by atoms with Gasteiger partial charge in [-0.15, -0.1) is 0 Å². The number of para-hydroxylation sites is 1. The van der Waals surface area contributed by atoms with Gasteiger partial charge in [-0.3, -0.25) is 0 Å². The smallest absolute Gasteiger partial charge is 0.330 e. The topological polar surface area (TPSA) is 55.8 Å². The molecule has 0 saturated heterocycles. The highest BCUT2D eigenvalue weighted by atomic mass is 16.5. The van der Waals surface area contributed by atoms with E-state index in [0.717, 1.165) is 23.3 Å². The normalized spacial score (nSPS) is 26.3. The van der Waals surface area contributed by atoms with Gasteiger partial charge in [0, 0.05) is 23.1 Å². The van der Waals surface area contributed by atoms with Crippen molar-refractivity contribution in [3.05, 3.63) is 47.6 Å². The van der Waals surface area contributed by atoms with Crippen LogP contribution in [-0.2, 0) is 9.53 Å². The molecule has 4 nitrogen and oxygen atoms in total. The maximum atomic E-state index is 11.4. The van der Waals surface area contributed by atoms with Crippen LogP contribution in [0.3, 0.4) is 0 Å². The van der Waals surface area contributed by atoms with E-state index in [9.17, 15) is 9.90 Å².